The van der Waals surface area contributed by atoms with Crippen molar-refractivity contribution in [3.05, 3.63) is 28.2 Å². The van der Waals surface area contributed by atoms with Gasteiger partial charge in [-0.1, -0.05) is 22.9 Å². The van der Waals surface area contributed by atoms with Crippen LogP contribution in [0.5, 0.6) is 0 Å². The molecule has 0 aliphatic carbocycles. The van der Waals surface area contributed by atoms with Crippen LogP contribution in [0.3, 0.4) is 0 Å². The van der Waals surface area contributed by atoms with Crippen molar-refractivity contribution in [3.63, 3.8) is 0 Å². The van der Waals surface area contributed by atoms with Crippen LogP contribution in [0.4, 0.5) is 5.69 Å². The molecular formula is C14H18BrNO. The summed E-state index contributed by atoms with van der Waals surface area (Å²) in [6, 6.07) is 6.47. The van der Waals surface area contributed by atoms with Gasteiger partial charge < -0.3 is 4.90 Å². The van der Waals surface area contributed by atoms with E-state index in [-0.39, 0.29) is 0 Å². The first-order chi connectivity index (χ1) is 8.26. The van der Waals surface area contributed by atoms with Crippen molar-refractivity contribution >= 4 is 27.9 Å². The summed E-state index contributed by atoms with van der Waals surface area (Å²) in [7, 11) is 0. The SMILES string of the molecule is CCC1CCCCN1c1cc(Br)ccc1C=O. The Balaban J connectivity index is 2.36. The minimum absolute atomic E-state index is 0.580. The normalized spacial score (nSPS) is 20.4. The van der Waals surface area contributed by atoms with Crippen LogP contribution in [0.25, 0.3) is 0 Å². The fourth-order valence-corrected chi connectivity index (χ4v) is 2.96. The summed E-state index contributed by atoms with van der Waals surface area (Å²) in [5, 5.41) is 0. The van der Waals surface area contributed by atoms with Crippen LogP contribution in [0.15, 0.2) is 22.7 Å². The molecule has 0 N–H and O–H groups in total. The minimum Gasteiger partial charge on any atom is -0.368 e. The van der Waals surface area contributed by atoms with Gasteiger partial charge in [-0.2, -0.15) is 0 Å². The molecule has 1 fully saturated rings. The minimum atomic E-state index is 0.580. The van der Waals surface area contributed by atoms with Crippen molar-refractivity contribution in [2.24, 2.45) is 0 Å². The van der Waals surface area contributed by atoms with Crippen molar-refractivity contribution in [3.8, 4) is 0 Å². The number of nitrogens with zero attached hydrogens (tertiary/aromatic N) is 1. The molecule has 1 aromatic rings. The lowest BCUT2D eigenvalue weighted by Gasteiger charge is -2.38. The van der Waals surface area contributed by atoms with E-state index in [1.165, 1.54) is 19.3 Å². The highest BCUT2D eigenvalue weighted by molar-refractivity contribution is 9.10. The average Bonchev–Trinajstić information content (AvgIpc) is 2.38. The Bertz CT molecular complexity index is 405. The first-order valence-electron chi connectivity index (χ1n) is 6.27. The Morgan fingerprint density at radius 2 is 2.29 bits per heavy atom. The van der Waals surface area contributed by atoms with Gasteiger partial charge in [-0.05, 0) is 43.9 Å². The monoisotopic (exact) mass is 295 g/mol. The lowest BCUT2D eigenvalue weighted by molar-refractivity contribution is 0.112. The number of hydrogen-bond acceptors (Lipinski definition) is 2. The number of piperidine rings is 1. The van der Waals surface area contributed by atoms with E-state index in [1.54, 1.807) is 0 Å². The predicted molar refractivity (Wildman–Crippen MR) is 74.8 cm³/mol. The Morgan fingerprint density at radius 1 is 1.47 bits per heavy atom. The van der Waals surface area contributed by atoms with Crippen LogP contribution in [0.1, 0.15) is 43.0 Å². The molecule has 2 nitrogen and oxygen atoms in total. The molecule has 3 heteroatoms. The third-order valence-electron chi connectivity index (χ3n) is 3.53. The quantitative estimate of drug-likeness (QED) is 0.785. The Hall–Kier alpha value is -0.830. The third-order valence-corrected chi connectivity index (χ3v) is 4.02. The van der Waals surface area contributed by atoms with Crippen molar-refractivity contribution in [2.45, 2.75) is 38.6 Å². The van der Waals surface area contributed by atoms with Crippen molar-refractivity contribution in [1.82, 2.24) is 0 Å². The third kappa shape index (κ3) is 2.71. The molecule has 0 bridgehead atoms. The summed E-state index contributed by atoms with van der Waals surface area (Å²) in [5.41, 5.74) is 1.88. The maximum atomic E-state index is 11.1. The number of rotatable bonds is 3. The smallest absolute Gasteiger partial charge is 0.152 e. The zero-order chi connectivity index (χ0) is 12.3. The summed E-state index contributed by atoms with van der Waals surface area (Å²) >= 11 is 3.49. The molecule has 0 radical (unpaired) electrons. The summed E-state index contributed by atoms with van der Waals surface area (Å²) in [5.74, 6) is 0. The fraction of sp³-hybridized carbons (Fsp3) is 0.500. The number of benzene rings is 1. The van der Waals surface area contributed by atoms with Gasteiger partial charge in [0, 0.05) is 28.3 Å². The van der Waals surface area contributed by atoms with Crippen LogP contribution < -0.4 is 4.90 Å². The van der Waals surface area contributed by atoms with Gasteiger partial charge >= 0.3 is 0 Å². The highest BCUT2D eigenvalue weighted by Crippen LogP contribution is 2.30. The van der Waals surface area contributed by atoms with E-state index >= 15 is 0 Å². The molecule has 0 saturated carbocycles. The predicted octanol–water partition coefficient (Wildman–Crippen LogP) is 4.03. The molecule has 1 aliphatic rings. The molecule has 1 saturated heterocycles. The van der Waals surface area contributed by atoms with E-state index in [1.807, 2.05) is 12.1 Å². The molecule has 1 aromatic carbocycles. The van der Waals surface area contributed by atoms with E-state index in [0.717, 1.165) is 35.0 Å². The van der Waals surface area contributed by atoms with Gasteiger partial charge in [-0.15, -0.1) is 0 Å². The first-order valence-corrected chi connectivity index (χ1v) is 7.07. The first kappa shape index (κ1) is 12.6. The average molecular weight is 296 g/mol. The zero-order valence-corrected chi connectivity index (χ0v) is 11.7. The van der Waals surface area contributed by atoms with Crippen LogP contribution >= 0.6 is 15.9 Å². The standard InChI is InChI=1S/C14H18BrNO/c1-2-13-5-3-4-8-16(13)14-9-12(15)7-6-11(14)10-17/h6-7,9-10,13H,2-5,8H2,1H3. The summed E-state index contributed by atoms with van der Waals surface area (Å²) in [6.07, 6.45) is 5.87. The van der Waals surface area contributed by atoms with E-state index in [9.17, 15) is 4.79 Å². The number of carbonyl (C=O) groups is 1. The summed E-state index contributed by atoms with van der Waals surface area (Å²) in [4.78, 5) is 13.5. The molecule has 1 unspecified atom stereocenters. The number of hydrogen-bond donors (Lipinski definition) is 0. The van der Waals surface area contributed by atoms with Crippen LogP contribution in [-0.4, -0.2) is 18.9 Å². The topological polar surface area (TPSA) is 20.3 Å². The fourth-order valence-electron chi connectivity index (χ4n) is 2.61. The Labute approximate surface area is 111 Å². The number of halogens is 1. The highest BCUT2D eigenvalue weighted by Gasteiger charge is 2.22. The van der Waals surface area contributed by atoms with Crippen LogP contribution in [-0.2, 0) is 0 Å². The number of carbonyl (C=O) groups excluding carboxylic acids is 1. The van der Waals surface area contributed by atoms with Gasteiger partial charge in [0.15, 0.2) is 6.29 Å². The molecule has 2 rings (SSSR count). The van der Waals surface area contributed by atoms with Crippen LogP contribution in [0, 0.1) is 0 Å². The van der Waals surface area contributed by atoms with Gasteiger partial charge in [0.25, 0.3) is 0 Å². The molecule has 1 aliphatic heterocycles. The van der Waals surface area contributed by atoms with Gasteiger partial charge in [0.1, 0.15) is 0 Å². The molecule has 1 atom stereocenters. The number of anilines is 1. The van der Waals surface area contributed by atoms with Gasteiger partial charge in [-0.25, -0.2) is 0 Å². The zero-order valence-electron chi connectivity index (χ0n) is 10.2. The molecule has 17 heavy (non-hydrogen) atoms. The Morgan fingerprint density at radius 3 is 3.00 bits per heavy atom. The maximum absolute atomic E-state index is 11.1. The van der Waals surface area contributed by atoms with Gasteiger partial charge in [0.05, 0.1) is 0 Å². The van der Waals surface area contributed by atoms with Crippen molar-refractivity contribution < 1.29 is 4.79 Å². The second-order valence-corrected chi connectivity index (χ2v) is 5.49. The maximum Gasteiger partial charge on any atom is 0.152 e. The highest BCUT2D eigenvalue weighted by atomic mass is 79.9. The lowest BCUT2D eigenvalue weighted by atomic mass is 9.98. The molecule has 0 aromatic heterocycles. The largest absolute Gasteiger partial charge is 0.368 e. The van der Waals surface area contributed by atoms with Gasteiger partial charge in [-0.3, -0.25) is 4.79 Å². The molecule has 0 amide bonds. The van der Waals surface area contributed by atoms with E-state index in [0.29, 0.717) is 6.04 Å². The van der Waals surface area contributed by atoms with Crippen LogP contribution in [0.2, 0.25) is 0 Å². The molecule has 1 heterocycles. The van der Waals surface area contributed by atoms with Crippen molar-refractivity contribution in [2.75, 3.05) is 11.4 Å². The lowest BCUT2D eigenvalue weighted by Crippen LogP contribution is -2.39. The summed E-state index contributed by atoms with van der Waals surface area (Å²) in [6.45, 7) is 3.29. The van der Waals surface area contributed by atoms with E-state index < -0.39 is 0 Å². The van der Waals surface area contributed by atoms with E-state index in [2.05, 4.69) is 33.8 Å². The van der Waals surface area contributed by atoms with Gasteiger partial charge in [0.2, 0.25) is 0 Å². The Kier molecular flexibility index (Phi) is 4.21. The summed E-state index contributed by atoms with van der Waals surface area (Å²) < 4.78 is 1.04. The van der Waals surface area contributed by atoms with Crippen molar-refractivity contribution in [1.29, 1.82) is 0 Å². The second kappa shape index (κ2) is 5.67. The molecular weight excluding hydrogens is 278 g/mol. The number of aldehydes is 1. The van der Waals surface area contributed by atoms with E-state index in [4.69, 9.17) is 0 Å². The second-order valence-electron chi connectivity index (χ2n) is 4.57. The molecule has 0 spiro atoms. The molecule has 92 valence electrons.